The summed E-state index contributed by atoms with van der Waals surface area (Å²) in [6, 6.07) is 20.3. The third-order valence-electron chi connectivity index (χ3n) is 5.30. The summed E-state index contributed by atoms with van der Waals surface area (Å²) < 4.78 is 12.7. The van der Waals surface area contributed by atoms with E-state index in [-0.39, 0.29) is 24.5 Å². The van der Waals surface area contributed by atoms with Gasteiger partial charge in [0.05, 0.1) is 24.2 Å². The number of carbonyl (C=O) groups is 1. The van der Waals surface area contributed by atoms with Crippen LogP contribution in [0.5, 0.6) is 5.75 Å². The van der Waals surface area contributed by atoms with Crippen molar-refractivity contribution in [3.63, 3.8) is 0 Å². The van der Waals surface area contributed by atoms with Crippen molar-refractivity contribution in [1.82, 2.24) is 9.55 Å². The number of ether oxygens (including phenoxy) is 2. The number of aromatic nitrogens is 2. The number of fused-ring (bicyclic) bond motifs is 2. The van der Waals surface area contributed by atoms with Crippen molar-refractivity contribution < 1.29 is 14.3 Å². The molecule has 1 heterocycles. The smallest absolute Gasteiger partial charge is 0.326 e. The average Bonchev–Trinajstić information content (AvgIpc) is 3.10. The van der Waals surface area contributed by atoms with Gasteiger partial charge in [-0.25, -0.2) is 4.98 Å². The number of nitrogens with zero attached hydrogens (tertiary/aromatic N) is 2. The molecule has 0 amide bonds. The quantitative estimate of drug-likeness (QED) is 0.411. The summed E-state index contributed by atoms with van der Waals surface area (Å²) in [5.41, 5.74) is 2.95. The van der Waals surface area contributed by atoms with E-state index < -0.39 is 0 Å². The van der Waals surface area contributed by atoms with Crippen LogP contribution in [0.3, 0.4) is 0 Å². The molecule has 0 radical (unpaired) electrons. The lowest BCUT2D eigenvalue weighted by Crippen LogP contribution is -2.19. The van der Waals surface area contributed by atoms with Crippen LogP contribution in [0, 0.1) is 0 Å². The van der Waals surface area contributed by atoms with Gasteiger partial charge in [-0.3, -0.25) is 4.79 Å². The average molecular weight is 402 g/mol. The molecule has 0 spiro atoms. The van der Waals surface area contributed by atoms with Crippen LogP contribution in [0.15, 0.2) is 60.7 Å². The lowest BCUT2D eigenvalue weighted by molar-refractivity contribution is -0.148. The van der Waals surface area contributed by atoms with Crippen molar-refractivity contribution in [2.24, 2.45) is 0 Å². The van der Waals surface area contributed by atoms with Crippen molar-refractivity contribution >= 4 is 27.8 Å². The van der Waals surface area contributed by atoms with Crippen LogP contribution in [-0.2, 0) is 16.1 Å². The number of benzene rings is 3. The van der Waals surface area contributed by atoms with E-state index in [0.29, 0.717) is 0 Å². The van der Waals surface area contributed by atoms with Gasteiger partial charge in [0, 0.05) is 5.92 Å². The van der Waals surface area contributed by atoms with Crippen LogP contribution < -0.4 is 4.74 Å². The minimum absolute atomic E-state index is 0.00996. The van der Waals surface area contributed by atoms with Gasteiger partial charge in [0.25, 0.3) is 0 Å². The summed E-state index contributed by atoms with van der Waals surface area (Å²) in [4.78, 5) is 17.3. The molecule has 0 saturated carbocycles. The fourth-order valence-corrected chi connectivity index (χ4v) is 3.81. The number of carbonyl (C=O) groups excluding carboxylic acids is 1. The maximum absolute atomic E-state index is 12.4. The first-order valence-electron chi connectivity index (χ1n) is 10.2. The topological polar surface area (TPSA) is 53.4 Å². The summed E-state index contributed by atoms with van der Waals surface area (Å²) in [5.74, 6) is 1.45. The molecule has 1 aromatic heterocycles. The van der Waals surface area contributed by atoms with Crippen LogP contribution in [0.25, 0.3) is 21.8 Å². The second-order valence-corrected chi connectivity index (χ2v) is 7.78. The van der Waals surface area contributed by atoms with Crippen LogP contribution in [0.4, 0.5) is 0 Å². The van der Waals surface area contributed by atoms with Gasteiger partial charge in [0.15, 0.2) is 0 Å². The molecule has 0 aliphatic carbocycles. The summed E-state index contributed by atoms with van der Waals surface area (Å²) in [6.45, 7) is 5.98. The van der Waals surface area contributed by atoms with E-state index in [1.54, 1.807) is 7.11 Å². The van der Waals surface area contributed by atoms with E-state index in [9.17, 15) is 4.79 Å². The first-order valence-corrected chi connectivity index (χ1v) is 10.2. The summed E-state index contributed by atoms with van der Waals surface area (Å²) in [5, 5.41) is 2.27. The third kappa shape index (κ3) is 3.88. The minimum Gasteiger partial charge on any atom is -0.497 e. The predicted molar refractivity (Wildman–Crippen MR) is 119 cm³/mol. The molecule has 0 saturated heterocycles. The van der Waals surface area contributed by atoms with Crippen LogP contribution >= 0.6 is 0 Å². The first-order chi connectivity index (χ1) is 14.5. The number of para-hydroxylation sites is 2. The highest BCUT2D eigenvalue weighted by atomic mass is 16.5. The van der Waals surface area contributed by atoms with E-state index in [1.165, 1.54) is 0 Å². The van der Waals surface area contributed by atoms with Crippen molar-refractivity contribution in [3.8, 4) is 5.75 Å². The van der Waals surface area contributed by atoms with E-state index in [4.69, 9.17) is 14.5 Å². The normalized spacial score (nSPS) is 12.4. The maximum atomic E-state index is 12.4. The summed E-state index contributed by atoms with van der Waals surface area (Å²) in [7, 11) is 1.67. The molecule has 30 heavy (non-hydrogen) atoms. The molecular formula is C25H26N2O3. The molecule has 1 unspecified atom stereocenters. The molecule has 0 N–H and O–H groups in total. The Morgan fingerprint density at radius 1 is 1.00 bits per heavy atom. The molecule has 0 fully saturated rings. The molecule has 4 aromatic rings. The largest absolute Gasteiger partial charge is 0.497 e. The highest BCUT2D eigenvalue weighted by Crippen LogP contribution is 2.30. The van der Waals surface area contributed by atoms with Crippen LogP contribution in [-0.4, -0.2) is 28.7 Å². The summed E-state index contributed by atoms with van der Waals surface area (Å²) in [6.07, 6.45) is -0.148. The van der Waals surface area contributed by atoms with Crippen molar-refractivity contribution in [2.75, 3.05) is 7.11 Å². The van der Waals surface area contributed by atoms with Gasteiger partial charge in [-0.05, 0) is 54.4 Å². The van der Waals surface area contributed by atoms with Gasteiger partial charge in [0.1, 0.15) is 18.1 Å². The molecule has 154 valence electrons. The number of hydrogen-bond donors (Lipinski definition) is 0. The minimum atomic E-state index is -0.257. The lowest BCUT2D eigenvalue weighted by Gasteiger charge is -2.16. The Labute approximate surface area is 176 Å². The van der Waals surface area contributed by atoms with Crippen LogP contribution in [0.1, 0.15) is 38.1 Å². The molecule has 1 atom stereocenters. The van der Waals surface area contributed by atoms with Crippen molar-refractivity contribution in [1.29, 1.82) is 0 Å². The first kappa shape index (κ1) is 20.0. The standard InChI is InChI=1S/C25H26N2O3/c1-16(2)30-24(28)15-27-23-8-6-5-7-22(23)26-25(27)17(3)18-9-10-20-14-21(29-4)12-11-19(20)13-18/h5-14,16-17H,15H2,1-4H3. The predicted octanol–water partition coefficient (Wildman–Crippen LogP) is 5.30. The Morgan fingerprint density at radius 3 is 2.50 bits per heavy atom. The van der Waals surface area contributed by atoms with E-state index in [0.717, 1.165) is 38.9 Å². The molecule has 0 aliphatic heterocycles. The number of imidazole rings is 1. The molecule has 4 rings (SSSR count). The van der Waals surface area contributed by atoms with Gasteiger partial charge in [-0.2, -0.15) is 0 Å². The highest BCUT2D eigenvalue weighted by Gasteiger charge is 2.21. The lowest BCUT2D eigenvalue weighted by atomic mass is 9.97. The van der Waals surface area contributed by atoms with E-state index in [2.05, 4.69) is 31.2 Å². The Balaban J connectivity index is 1.75. The van der Waals surface area contributed by atoms with Gasteiger partial charge < -0.3 is 14.0 Å². The SMILES string of the molecule is COc1ccc2cc(C(C)c3nc4ccccc4n3CC(=O)OC(C)C)ccc2c1. The number of methoxy groups -OCH3 is 1. The van der Waals surface area contributed by atoms with Crippen molar-refractivity contribution in [3.05, 3.63) is 72.1 Å². The molecule has 0 aliphatic rings. The molecular weight excluding hydrogens is 376 g/mol. The second-order valence-electron chi connectivity index (χ2n) is 7.78. The Bertz CT molecular complexity index is 1210. The van der Waals surface area contributed by atoms with Crippen molar-refractivity contribution in [2.45, 2.75) is 39.3 Å². The Hall–Kier alpha value is -3.34. The third-order valence-corrected chi connectivity index (χ3v) is 5.30. The van der Waals surface area contributed by atoms with E-state index in [1.807, 2.05) is 54.8 Å². The molecule has 0 bridgehead atoms. The molecule has 3 aromatic carbocycles. The second kappa shape index (κ2) is 8.19. The number of rotatable bonds is 6. The fraction of sp³-hybridized carbons (Fsp3) is 0.280. The van der Waals surface area contributed by atoms with Gasteiger partial charge in [-0.1, -0.05) is 43.3 Å². The van der Waals surface area contributed by atoms with Crippen LogP contribution in [0.2, 0.25) is 0 Å². The van der Waals surface area contributed by atoms with E-state index >= 15 is 0 Å². The zero-order valence-corrected chi connectivity index (χ0v) is 17.8. The maximum Gasteiger partial charge on any atom is 0.326 e. The molecule has 5 heteroatoms. The highest BCUT2D eigenvalue weighted by molar-refractivity contribution is 5.85. The van der Waals surface area contributed by atoms with Gasteiger partial charge in [-0.15, -0.1) is 0 Å². The number of esters is 1. The fourth-order valence-electron chi connectivity index (χ4n) is 3.81. The molecule has 5 nitrogen and oxygen atoms in total. The zero-order chi connectivity index (χ0) is 21.3. The van der Waals surface area contributed by atoms with Gasteiger partial charge >= 0.3 is 5.97 Å². The van der Waals surface area contributed by atoms with Gasteiger partial charge in [0.2, 0.25) is 0 Å². The monoisotopic (exact) mass is 402 g/mol. The summed E-state index contributed by atoms with van der Waals surface area (Å²) >= 11 is 0. The zero-order valence-electron chi connectivity index (χ0n) is 17.8. The Kier molecular flexibility index (Phi) is 5.44. The number of hydrogen-bond acceptors (Lipinski definition) is 4. The Morgan fingerprint density at radius 2 is 1.73 bits per heavy atom.